The first kappa shape index (κ1) is 18.1. The van der Waals surface area contributed by atoms with Crippen LogP contribution in [0.3, 0.4) is 0 Å². The highest BCUT2D eigenvalue weighted by molar-refractivity contribution is 9.10. The zero-order valence-electron chi connectivity index (χ0n) is 12.9. The highest BCUT2D eigenvalue weighted by Gasteiger charge is 2.17. The Balaban J connectivity index is 2.10. The highest BCUT2D eigenvalue weighted by Crippen LogP contribution is 2.29. The van der Waals surface area contributed by atoms with E-state index in [-0.39, 0.29) is 5.91 Å². The fourth-order valence-electron chi connectivity index (χ4n) is 1.93. The molecule has 3 nitrogen and oxygen atoms in total. The van der Waals surface area contributed by atoms with Gasteiger partial charge >= 0.3 is 0 Å². The maximum atomic E-state index is 12.3. The predicted molar refractivity (Wildman–Crippen MR) is 98.8 cm³/mol. The van der Waals surface area contributed by atoms with E-state index in [0.29, 0.717) is 21.5 Å². The summed E-state index contributed by atoms with van der Waals surface area (Å²) in [6, 6.07) is 8.75. The van der Waals surface area contributed by atoms with Crippen LogP contribution >= 0.6 is 39.1 Å². The van der Waals surface area contributed by atoms with Gasteiger partial charge in [0.2, 0.25) is 0 Å². The van der Waals surface area contributed by atoms with Crippen molar-refractivity contribution in [3.63, 3.8) is 0 Å². The zero-order valence-corrected chi connectivity index (χ0v) is 16.0. The van der Waals surface area contributed by atoms with Crippen LogP contribution in [0.15, 0.2) is 34.8 Å². The second-order valence-electron chi connectivity index (χ2n) is 5.24. The van der Waals surface area contributed by atoms with Gasteiger partial charge in [-0.3, -0.25) is 4.79 Å². The molecule has 0 saturated carbocycles. The van der Waals surface area contributed by atoms with Crippen molar-refractivity contribution in [3.05, 3.63) is 56.0 Å². The molecule has 0 aliphatic heterocycles. The summed E-state index contributed by atoms with van der Waals surface area (Å²) in [5.74, 6) is 0.151. The van der Waals surface area contributed by atoms with E-state index in [1.165, 1.54) is 0 Å². The molecule has 2 rings (SSSR count). The van der Waals surface area contributed by atoms with Crippen LogP contribution in [-0.4, -0.2) is 12.0 Å². The Morgan fingerprint density at radius 2 is 1.83 bits per heavy atom. The van der Waals surface area contributed by atoms with Crippen LogP contribution in [0.2, 0.25) is 10.0 Å². The lowest BCUT2D eigenvalue weighted by atomic mass is 10.1. The lowest BCUT2D eigenvalue weighted by Gasteiger charge is -2.17. The van der Waals surface area contributed by atoms with Crippen molar-refractivity contribution < 1.29 is 9.53 Å². The molecule has 0 saturated heterocycles. The number of carbonyl (C=O) groups excluding carboxylic acids is 1. The zero-order chi connectivity index (χ0) is 17.1. The number of nitrogens with one attached hydrogen (secondary N) is 1. The van der Waals surface area contributed by atoms with Crippen LogP contribution < -0.4 is 10.1 Å². The van der Waals surface area contributed by atoms with Crippen LogP contribution in [0.4, 0.5) is 5.69 Å². The van der Waals surface area contributed by atoms with Gasteiger partial charge in [-0.25, -0.2) is 0 Å². The standard InChI is InChI=1S/C17H16BrCl2NO2/c1-9-6-13(18)15(7-10(9)2)21-17(22)11(3)23-16-5-4-12(19)8-14(16)20/h4-8,11H,1-3H3,(H,21,22)/t11-/m1/s1. The SMILES string of the molecule is Cc1cc(Br)c(NC(=O)[C@@H](C)Oc2ccc(Cl)cc2Cl)cc1C. The molecule has 6 heteroatoms. The van der Waals surface area contributed by atoms with Gasteiger partial charge in [0.15, 0.2) is 6.10 Å². The Hall–Kier alpha value is -1.23. The van der Waals surface area contributed by atoms with Crippen molar-refractivity contribution >= 4 is 50.7 Å². The summed E-state index contributed by atoms with van der Waals surface area (Å²) < 4.78 is 6.43. The minimum absolute atomic E-state index is 0.264. The third-order valence-corrected chi connectivity index (χ3v) is 4.59. The summed E-state index contributed by atoms with van der Waals surface area (Å²) in [6.07, 6.45) is -0.706. The van der Waals surface area contributed by atoms with Crippen LogP contribution in [0.25, 0.3) is 0 Å². The summed E-state index contributed by atoms with van der Waals surface area (Å²) in [4.78, 5) is 12.3. The first-order valence-corrected chi connectivity index (χ1v) is 8.52. The normalized spacial score (nSPS) is 11.9. The van der Waals surface area contributed by atoms with Crippen LogP contribution in [0.1, 0.15) is 18.1 Å². The Labute approximate surface area is 154 Å². The van der Waals surface area contributed by atoms with Gasteiger partial charge in [0.05, 0.1) is 10.7 Å². The number of rotatable bonds is 4. The fraction of sp³-hybridized carbons (Fsp3) is 0.235. The number of halogens is 3. The van der Waals surface area contributed by atoms with E-state index in [4.69, 9.17) is 27.9 Å². The van der Waals surface area contributed by atoms with Gasteiger partial charge in [-0.2, -0.15) is 0 Å². The van der Waals surface area contributed by atoms with E-state index in [0.717, 1.165) is 15.6 Å². The monoisotopic (exact) mass is 415 g/mol. The number of amides is 1. The van der Waals surface area contributed by atoms with Crippen molar-refractivity contribution in [3.8, 4) is 5.75 Å². The minimum atomic E-state index is -0.706. The molecule has 23 heavy (non-hydrogen) atoms. The molecule has 0 radical (unpaired) electrons. The van der Waals surface area contributed by atoms with Crippen molar-refractivity contribution in [1.82, 2.24) is 0 Å². The molecular weight excluding hydrogens is 401 g/mol. The lowest BCUT2D eigenvalue weighted by Crippen LogP contribution is -2.30. The van der Waals surface area contributed by atoms with Gasteiger partial charge in [-0.05, 0) is 78.2 Å². The van der Waals surface area contributed by atoms with Gasteiger partial charge in [0.25, 0.3) is 5.91 Å². The van der Waals surface area contributed by atoms with E-state index in [9.17, 15) is 4.79 Å². The summed E-state index contributed by atoms with van der Waals surface area (Å²) in [6.45, 7) is 5.67. The fourth-order valence-corrected chi connectivity index (χ4v) is 2.94. The molecule has 0 fully saturated rings. The molecule has 0 unspecified atom stereocenters. The van der Waals surface area contributed by atoms with Crippen molar-refractivity contribution in [2.24, 2.45) is 0 Å². The number of benzene rings is 2. The number of carbonyl (C=O) groups is 1. The summed E-state index contributed by atoms with van der Waals surface area (Å²) in [5.41, 5.74) is 2.95. The molecule has 0 heterocycles. The van der Waals surface area contributed by atoms with Gasteiger partial charge in [0.1, 0.15) is 5.75 Å². The molecule has 2 aromatic rings. The van der Waals surface area contributed by atoms with E-state index in [1.54, 1.807) is 25.1 Å². The second-order valence-corrected chi connectivity index (χ2v) is 6.94. The average molecular weight is 417 g/mol. The van der Waals surface area contributed by atoms with Crippen LogP contribution in [-0.2, 0) is 4.79 Å². The Kier molecular flexibility index (Phi) is 5.95. The first-order valence-electron chi connectivity index (χ1n) is 6.97. The van der Waals surface area contributed by atoms with Crippen LogP contribution in [0.5, 0.6) is 5.75 Å². The van der Waals surface area contributed by atoms with E-state index >= 15 is 0 Å². The smallest absolute Gasteiger partial charge is 0.265 e. The van der Waals surface area contributed by atoms with E-state index < -0.39 is 6.10 Å². The number of ether oxygens (including phenoxy) is 1. The molecular formula is C17H16BrCl2NO2. The van der Waals surface area contributed by atoms with Crippen molar-refractivity contribution in [1.29, 1.82) is 0 Å². The molecule has 0 spiro atoms. The third-order valence-electron chi connectivity index (χ3n) is 3.41. The largest absolute Gasteiger partial charge is 0.479 e. The van der Waals surface area contributed by atoms with Gasteiger partial charge in [0, 0.05) is 9.50 Å². The quantitative estimate of drug-likeness (QED) is 0.685. The lowest BCUT2D eigenvalue weighted by molar-refractivity contribution is -0.122. The topological polar surface area (TPSA) is 38.3 Å². The summed E-state index contributed by atoms with van der Waals surface area (Å²) >= 11 is 15.4. The number of anilines is 1. The van der Waals surface area contributed by atoms with Gasteiger partial charge in [-0.15, -0.1) is 0 Å². The van der Waals surface area contributed by atoms with E-state index in [2.05, 4.69) is 21.2 Å². The number of hydrogen-bond acceptors (Lipinski definition) is 2. The maximum Gasteiger partial charge on any atom is 0.265 e. The van der Waals surface area contributed by atoms with Crippen LogP contribution in [0, 0.1) is 13.8 Å². The molecule has 1 N–H and O–H groups in total. The molecule has 1 amide bonds. The molecule has 0 aromatic heterocycles. The molecule has 1 atom stereocenters. The average Bonchev–Trinajstić information content (AvgIpc) is 2.47. The van der Waals surface area contributed by atoms with Gasteiger partial charge in [-0.1, -0.05) is 23.2 Å². The predicted octanol–water partition coefficient (Wildman–Crippen LogP) is 5.78. The molecule has 2 aromatic carbocycles. The molecule has 0 aliphatic rings. The summed E-state index contributed by atoms with van der Waals surface area (Å²) in [5, 5.41) is 3.73. The summed E-state index contributed by atoms with van der Waals surface area (Å²) in [7, 11) is 0. The van der Waals surface area contributed by atoms with E-state index in [1.807, 2.05) is 26.0 Å². The van der Waals surface area contributed by atoms with Crippen molar-refractivity contribution in [2.75, 3.05) is 5.32 Å². The Bertz CT molecular complexity index is 750. The second kappa shape index (κ2) is 7.56. The Morgan fingerprint density at radius 3 is 2.48 bits per heavy atom. The minimum Gasteiger partial charge on any atom is -0.479 e. The third kappa shape index (κ3) is 4.63. The maximum absolute atomic E-state index is 12.3. The molecule has 0 bridgehead atoms. The molecule has 0 aliphatic carbocycles. The first-order chi connectivity index (χ1) is 10.8. The number of aryl methyl sites for hydroxylation is 2. The molecule has 122 valence electrons. The Morgan fingerprint density at radius 1 is 1.17 bits per heavy atom. The highest BCUT2D eigenvalue weighted by atomic mass is 79.9. The van der Waals surface area contributed by atoms with Crippen molar-refractivity contribution in [2.45, 2.75) is 26.9 Å². The van der Waals surface area contributed by atoms with Gasteiger partial charge < -0.3 is 10.1 Å². The number of hydrogen-bond donors (Lipinski definition) is 1.